The Hall–Kier alpha value is -3.26. The summed E-state index contributed by atoms with van der Waals surface area (Å²) >= 11 is 0. The van der Waals surface area contributed by atoms with Gasteiger partial charge in [-0.3, -0.25) is 0 Å². The van der Waals surface area contributed by atoms with Crippen molar-refractivity contribution >= 4 is 22.7 Å². The lowest BCUT2D eigenvalue weighted by Crippen LogP contribution is -2.00. The maximum Gasteiger partial charge on any atom is 0.160 e. The molecule has 5 heteroatoms. The molecule has 0 fully saturated rings. The molecule has 0 aliphatic rings. The van der Waals surface area contributed by atoms with Crippen molar-refractivity contribution in [1.29, 1.82) is 5.26 Å². The molecular weight excluding hydrogens is 302 g/mol. The molecule has 3 rings (SSSR count). The molecule has 0 amide bonds. The van der Waals surface area contributed by atoms with E-state index in [4.69, 9.17) is 4.74 Å². The summed E-state index contributed by atoms with van der Waals surface area (Å²) in [5.41, 5.74) is 3.00. The lowest BCUT2D eigenvalue weighted by molar-refractivity contribution is 0.373. The maximum atomic E-state index is 9.90. The number of nitrogens with zero attached hydrogens (tertiary/aromatic N) is 3. The van der Waals surface area contributed by atoms with Crippen LogP contribution in [0.3, 0.4) is 0 Å². The van der Waals surface area contributed by atoms with Gasteiger partial charge in [0.25, 0.3) is 0 Å². The highest BCUT2D eigenvalue weighted by molar-refractivity contribution is 5.91. The average molecular weight is 319 g/mol. The molecule has 0 unspecified atom stereocenters. The number of phenolic OH excluding ortho intramolecular Hbond substituents is 1. The molecule has 120 valence electrons. The molecule has 0 spiro atoms. The molecular formula is C19H17N3O2. The van der Waals surface area contributed by atoms with E-state index in [1.165, 1.54) is 7.11 Å². The van der Waals surface area contributed by atoms with Crippen LogP contribution in [0.1, 0.15) is 18.3 Å². The number of ether oxygens (including phenoxy) is 1. The number of methoxy groups -OCH3 is 1. The number of aryl methyl sites for hydroxylation is 1. The van der Waals surface area contributed by atoms with Crippen molar-refractivity contribution in [2.24, 2.45) is 0 Å². The molecule has 1 N–H and O–H groups in total. The molecule has 2 aromatic carbocycles. The number of allylic oxidation sites excluding steroid dienone is 1. The minimum atomic E-state index is 0.0348. The van der Waals surface area contributed by atoms with Gasteiger partial charge in [-0.15, -0.1) is 0 Å². The third-order valence-corrected chi connectivity index (χ3v) is 3.85. The zero-order valence-corrected chi connectivity index (χ0v) is 13.5. The molecule has 5 nitrogen and oxygen atoms in total. The number of imidazole rings is 1. The van der Waals surface area contributed by atoms with Crippen molar-refractivity contribution in [2.75, 3.05) is 7.11 Å². The monoisotopic (exact) mass is 319 g/mol. The molecule has 0 saturated carbocycles. The second-order valence-electron chi connectivity index (χ2n) is 5.27. The van der Waals surface area contributed by atoms with Crippen molar-refractivity contribution < 1.29 is 9.84 Å². The van der Waals surface area contributed by atoms with Gasteiger partial charge in [0.2, 0.25) is 0 Å². The fourth-order valence-electron chi connectivity index (χ4n) is 2.71. The number of rotatable bonds is 4. The number of hydrogen-bond donors (Lipinski definition) is 1. The van der Waals surface area contributed by atoms with E-state index in [1.54, 1.807) is 24.3 Å². The van der Waals surface area contributed by atoms with Gasteiger partial charge in [-0.25, -0.2) is 4.98 Å². The number of fused-ring (bicyclic) bond motifs is 1. The minimum Gasteiger partial charge on any atom is -0.504 e. The number of benzene rings is 2. The summed E-state index contributed by atoms with van der Waals surface area (Å²) in [6.45, 7) is 2.73. The van der Waals surface area contributed by atoms with Gasteiger partial charge in [0.15, 0.2) is 17.3 Å². The summed E-state index contributed by atoms with van der Waals surface area (Å²) in [5, 5.41) is 19.5. The van der Waals surface area contributed by atoms with E-state index in [-0.39, 0.29) is 5.75 Å². The Bertz CT molecular complexity index is 964. The van der Waals surface area contributed by atoms with Crippen LogP contribution < -0.4 is 4.74 Å². The van der Waals surface area contributed by atoms with Gasteiger partial charge in [0.1, 0.15) is 6.07 Å². The number of aromatic hydroxyl groups is 1. The Balaban J connectivity index is 2.12. The molecule has 0 radical (unpaired) electrons. The average Bonchev–Trinajstić information content (AvgIpc) is 2.98. The van der Waals surface area contributed by atoms with Gasteiger partial charge >= 0.3 is 0 Å². The first kappa shape index (κ1) is 15.6. The zero-order valence-electron chi connectivity index (χ0n) is 13.5. The Morgan fingerprint density at radius 1 is 1.33 bits per heavy atom. The Kier molecular flexibility index (Phi) is 4.21. The van der Waals surface area contributed by atoms with E-state index in [2.05, 4.69) is 11.1 Å². The van der Waals surface area contributed by atoms with E-state index in [0.717, 1.165) is 11.0 Å². The third-order valence-electron chi connectivity index (χ3n) is 3.85. The molecule has 1 heterocycles. The summed E-state index contributed by atoms with van der Waals surface area (Å²) in [4.78, 5) is 4.59. The van der Waals surface area contributed by atoms with Crippen LogP contribution in [-0.2, 0) is 6.54 Å². The van der Waals surface area contributed by atoms with Crippen LogP contribution in [0.25, 0.3) is 22.7 Å². The second kappa shape index (κ2) is 6.47. The summed E-state index contributed by atoms with van der Waals surface area (Å²) in [5.74, 6) is 1.05. The van der Waals surface area contributed by atoms with Crippen molar-refractivity contribution in [3.05, 3.63) is 53.9 Å². The first-order chi connectivity index (χ1) is 11.7. The van der Waals surface area contributed by atoms with E-state index in [9.17, 15) is 10.4 Å². The summed E-state index contributed by atoms with van der Waals surface area (Å²) in [7, 11) is 1.49. The number of para-hydroxylation sites is 2. The molecule has 3 aromatic rings. The molecule has 0 bridgehead atoms. The van der Waals surface area contributed by atoms with Crippen LogP contribution >= 0.6 is 0 Å². The van der Waals surface area contributed by atoms with E-state index in [0.29, 0.717) is 29.3 Å². The second-order valence-corrected chi connectivity index (χ2v) is 5.27. The fourth-order valence-corrected chi connectivity index (χ4v) is 2.71. The lowest BCUT2D eigenvalue weighted by Gasteiger charge is -2.06. The highest BCUT2D eigenvalue weighted by atomic mass is 16.5. The van der Waals surface area contributed by atoms with Gasteiger partial charge in [-0.05, 0) is 42.8 Å². The highest BCUT2D eigenvalue weighted by Gasteiger charge is 2.13. The van der Waals surface area contributed by atoms with E-state index >= 15 is 0 Å². The summed E-state index contributed by atoms with van der Waals surface area (Å²) in [6.07, 6.45) is 1.71. The quantitative estimate of drug-likeness (QED) is 0.742. The van der Waals surface area contributed by atoms with Crippen LogP contribution in [0.4, 0.5) is 0 Å². The number of hydrogen-bond acceptors (Lipinski definition) is 4. The maximum absolute atomic E-state index is 9.90. The first-order valence-corrected chi connectivity index (χ1v) is 7.62. The SMILES string of the molecule is CCn1c(/C(C#N)=C\c2ccc(OC)c(O)c2)nc2ccccc21. The predicted octanol–water partition coefficient (Wildman–Crippen LogP) is 3.83. The Morgan fingerprint density at radius 3 is 2.79 bits per heavy atom. The largest absolute Gasteiger partial charge is 0.504 e. The van der Waals surface area contributed by atoms with Crippen molar-refractivity contribution in [3.8, 4) is 17.6 Å². The predicted molar refractivity (Wildman–Crippen MR) is 93.5 cm³/mol. The van der Waals surface area contributed by atoms with Crippen molar-refractivity contribution in [1.82, 2.24) is 9.55 Å². The molecule has 24 heavy (non-hydrogen) atoms. The van der Waals surface area contributed by atoms with E-state index in [1.807, 2.05) is 35.8 Å². The number of nitriles is 1. The standard InChI is InChI=1S/C19H17N3O2/c1-3-22-16-7-5-4-6-15(16)21-19(22)14(12-20)10-13-8-9-18(24-2)17(23)11-13/h4-11,23H,3H2,1-2H3/b14-10-. The zero-order chi connectivity index (χ0) is 17.1. The summed E-state index contributed by atoms with van der Waals surface area (Å²) in [6, 6.07) is 15.0. The first-order valence-electron chi connectivity index (χ1n) is 7.62. The fraction of sp³-hybridized carbons (Fsp3) is 0.158. The lowest BCUT2D eigenvalue weighted by atomic mass is 10.1. The summed E-state index contributed by atoms with van der Waals surface area (Å²) < 4.78 is 7.05. The van der Waals surface area contributed by atoms with Gasteiger partial charge in [0, 0.05) is 6.54 Å². The van der Waals surface area contributed by atoms with Crippen LogP contribution in [-0.4, -0.2) is 21.8 Å². The van der Waals surface area contributed by atoms with Gasteiger partial charge in [-0.2, -0.15) is 5.26 Å². The van der Waals surface area contributed by atoms with Crippen LogP contribution in [0.15, 0.2) is 42.5 Å². The molecule has 1 aromatic heterocycles. The number of phenols is 1. The van der Waals surface area contributed by atoms with Crippen LogP contribution in [0.2, 0.25) is 0 Å². The van der Waals surface area contributed by atoms with Crippen LogP contribution in [0.5, 0.6) is 11.5 Å². The number of aromatic nitrogens is 2. The minimum absolute atomic E-state index is 0.0348. The molecule has 0 aliphatic heterocycles. The van der Waals surface area contributed by atoms with Crippen LogP contribution in [0, 0.1) is 11.3 Å². The Labute approximate surface area is 140 Å². The van der Waals surface area contributed by atoms with E-state index < -0.39 is 0 Å². The Morgan fingerprint density at radius 2 is 2.12 bits per heavy atom. The normalized spacial score (nSPS) is 11.5. The highest BCUT2D eigenvalue weighted by Crippen LogP contribution is 2.29. The smallest absolute Gasteiger partial charge is 0.160 e. The third kappa shape index (κ3) is 2.70. The van der Waals surface area contributed by atoms with Gasteiger partial charge < -0.3 is 14.4 Å². The molecule has 0 atom stereocenters. The van der Waals surface area contributed by atoms with Crippen molar-refractivity contribution in [3.63, 3.8) is 0 Å². The topological polar surface area (TPSA) is 71.1 Å². The van der Waals surface area contributed by atoms with Gasteiger partial charge in [0.05, 0.1) is 23.7 Å². The van der Waals surface area contributed by atoms with Gasteiger partial charge in [-0.1, -0.05) is 18.2 Å². The molecule has 0 saturated heterocycles. The van der Waals surface area contributed by atoms with Crippen molar-refractivity contribution in [2.45, 2.75) is 13.5 Å². The molecule has 0 aliphatic carbocycles.